The molecule has 0 saturated carbocycles. The Kier molecular flexibility index (Phi) is 5.59. The van der Waals surface area contributed by atoms with Crippen molar-refractivity contribution in [2.45, 2.75) is 59.0 Å². The lowest BCUT2D eigenvalue weighted by molar-refractivity contribution is 0.0204. The molecule has 1 aliphatic rings. The Bertz CT molecular complexity index is 641. The number of piperidine rings is 1. The second-order valence-electron chi connectivity index (χ2n) is 7.49. The minimum absolute atomic E-state index is 0.0549. The lowest BCUT2D eigenvalue weighted by Gasteiger charge is -2.34. The van der Waals surface area contributed by atoms with E-state index in [4.69, 9.17) is 16.3 Å². The summed E-state index contributed by atoms with van der Waals surface area (Å²) in [5, 5.41) is 0.685. The summed E-state index contributed by atoms with van der Waals surface area (Å²) < 4.78 is 5.43. The predicted octanol–water partition coefficient (Wildman–Crippen LogP) is 4.97. The fraction of sp³-hybridized carbons (Fsp3) is 0.579. The van der Waals surface area contributed by atoms with Crippen molar-refractivity contribution in [3.63, 3.8) is 0 Å². The van der Waals surface area contributed by atoms with Crippen LogP contribution in [0.2, 0.25) is 5.02 Å². The number of halogens is 1. The molecule has 132 valence electrons. The fourth-order valence-corrected chi connectivity index (χ4v) is 3.21. The maximum Gasteiger partial charge on any atom is 0.410 e. The predicted molar refractivity (Wildman–Crippen MR) is 96.0 cm³/mol. The van der Waals surface area contributed by atoms with Crippen molar-refractivity contribution >= 4 is 23.5 Å². The highest BCUT2D eigenvalue weighted by Gasteiger charge is 2.29. The Morgan fingerprint density at radius 1 is 1.21 bits per heavy atom. The number of Topliss-reactive ketones (excluding diaryl/α,β-unsaturated/α-hetero) is 1. The first-order valence-electron chi connectivity index (χ1n) is 8.37. The van der Waals surface area contributed by atoms with Crippen molar-refractivity contribution in [2.75, 3.05) is 13.1 Å². The molecule has 0 unspecified atom stereocenters. The van der Waals surface area contributed by atoms with Crippen LogP contribution in [0.1, 0.15) is 67.9 Å². The number of hydrogen-bond acceptors (Lipinski definition) is 3. The van der Waals surface area contributed by atoms with E-state index in [2.05, 4.69) is 0 Å². The third-order valence-electron chi connectivity index (χ3n) is 4.30. The molecule has 0 N–H and O–H groups in total. The van der Waals surface area contributed by atoms with Gasteiger partial charge in [0.2, 0.25) is 0 Å². The molecule has 1 fully saturated rings. The number of ether oxygens (including phenoxy) is 1. The Morgan fingerprint density at radius 3 is 2.29 bits per heavy atom. The number of rotatable bonds is 2. The van der Waals surface area contributed by atoms with Crippen LogP contribution < -0.4 is 0 Å². The molecule has 0 aromatic heterocycles. The molecule has 1 amide bonds. The maximum absolute atomic E-state index is 12.2. The smallest absolute Gasteiger partial charge is 0.410 e. The number of ketones is 1. The van der Waals surface area contributed by atoms with Gasteiger partial charge in [0.1, 0.15) is 5.60 Å². The van der Waals surface area contributed by atoms with E-state index in [1.165, 1.54) is 0 Å². The average Bonchev–Trinajstić information content (AvgIpc) is 2.48. The summed E-state index contributed by atoms with van der Waals surface area (Å²) in [5.74, 6) is 0.292. The molecule has 4 nitrogen and oxygen atoms in total. The van der Waals surface area contributed by atoms with Crippen molar-refractivity contribution < 1.29 is 14.3 Å². The fourth-order valence-electron chi connectivity index (χ4n) is 3.04. The summed E-state index contributed by atoms with van der Waals surface area (Å²) in [6.45, 7) is 10.3. The first kappa shape index (κ1) is 18.8. The van der Waals surface area contributed by atoms with Crippen LogP contribution in [-0.2, 0) is 4.74 Å². The van der Waals surface area contributed by atoms with E-state index < -0.39 is 5.60 Å². The van der Waals surface area contributed by atoms with Gasteiger partial charge in [-0.25, -0.2) is 4.79 Å². The molecule has 0 aliphatic carbocycles. The largest absolute Gasteiger partial charge is 0.444 e. The number of hydrogen-bond donors (Lipinski definition) is 0. The highest BCUT2D eigenvalue weighted by atomic mass is 35.5. The standard InChI is InChI=1S/C19H26ClNO3/c1-12-10-15(13(2)22)16(11-17(12)20)14-6-8-21(9-7-14)18(23)24-19(3,4)5/h10-11,14H,6-9H2,1-5H3. The van der Waals surface area contributed by atoms with Gasteiger partial charge in [-0.3, -0.25) is 4.79 Å². The van der Waals surface area contributed by atoms with Gasteiger partial charge in [-0.1, -0.05) is 11.6 Å². The second kappa shape index (κ2) is 7.14. The molecule has 1 aliphatic heterocycles. The number of carbonyl (C=O) groups is 2. The third kappa shape index (κ3) is 4.50. The van der Waals surface area contributed by atoms with E-state index in [1.54, 1.807) is 11.8 Å². The van der Waals surface area contributed by atoms with E-state index in [0.29, 0.717) is 18.1 Å². The summed E-state index contributed by atoms with van der Waals surface area (Å²) in [6.07, 6.45) is 1.34. The number of likely N-dealkylation sites (tertiary alicyclic amines) is 1. The molecule has 0 radical (unpaired) electrons. The molecule has 0 atom stereocenters. The van der Waals surface area contributed by atoms with Crippen LogP contribution in [0.15, 0.2) is 12.1 Å². The van der Waals surface area contributed by atoms with Gasteiger partial charge in [0, 0.05) is 23.7 Å². The van der Waals surface area contributed by atoms with Crippen molar-refractivity contribution in [2.24, 2.45) is 0 Å². The number of carbonyl (C=O) groups excluding carboxylic acids is 2. The topological polar surface area (TPSA) is 46.6 Å². The van der Waals surface area contributed by atoms with E-state index in [-0.39, 0.29) is 17.8 Å². The Balaban J connectivity index is 2.11. The van der Waals surface area contributed by atoms with Crippen LogP contribution in [0, 0.1) is 6.92 Å². The van der Waals surface area contributed by atoms with Gasteiger partial charge in [-0.2, -0.15) is 0 Å². The quantitative estimate of drug-likeness (QED) is 0.707. The second-order valence-corrected chi connectivity index (χ2v) is 7.89. The van der Waals surface area contributed by atoms with Crippen LogP contribution >= 0.6 is 11.6 Å². The molecular formula is C19H26ClNO3. The zero-order chi connectivity index (χ0) is 18.1. The minimum atomic E-state index is -0.486. The first-order chi connectivity index (χ1) is 11.1. The monoisotopic (exact) mass is 351 g/mol. The van der Waals surface area contributed by atoms with Crippen LogP contribution in [-0.4, -0.2) is 35.5 Å². The zero-order valence-corrected chi connectivity index (χ0v) is 15.9. The molecule has 1 aromatic carbocycles. The molecule has 2 rings (SSSR count). The number of benzene rings is 1. The highest BCUT2D eigenvalue weighted by Crippen LogP contribution is 2.34. The van der Waals surface area contributed by atoms with Gasteiger partial charge in [0.15, 0.2) is 5.78 Å². The molecule has 1 saturated heterocycles. The van der Waals surface area contributed by atoms with E-state index in [9.17, 15) is 9.59 Å². The SMILES string of the molecule is CC(=O)c1cc(C)c(Cl)cc1C1CCN(C(=O)OC(C)(C)C)CC1. The number of aryl methyl sites for hydroxylation is 1. The normalized spacial score (nSPS) is 16.2. The molecular weight excluding hydrogens is 326 g/mol. The van der Waals surface area contributed by atoms with Gasteiger partial charge in [-0.05, 0) is 76.6 Å². The summed E-state index contributed by atoms with van der Waals surface area (Å²) in [5.41, 5.74) is 2.17. The Morgan fingerprint density at radius 2 is 1.79 bits per heavy atom. The summed E-state index contributed by atoms with van der Waals surface area (Å²) in [6, 6.07) is 3.79. The Labute approximate surface area is 149 Å². The van der Waals surface area contributed by atoms with Crippen LogP contribution in [0.4, 0.5) is 4.79 Å². The molecule has 0 spiro atoms. The van der Waals surface area contributed by atoms with Crippen molar-refractivity contribution in [1.29, 1.82) is 0 Å². The van der Waals surface area contributed by atoms with Crippen LogP contribution in [0.25, 0.3) is 0 Å². The van der Waals surface area contributed by atoms with Crippen LogP contribution in [0.5, 0.6) is 0 Å². The van der Waals surface area contributed by atoms with E-state index >= 15 is 0 Å². The average molecular weight is 352 g/mol. The van der Waals surface area contributed by atoms with E-state index in [0.717, 1.165) is 29.5 Å². The number of amides is 1. The van der Waals surface area contributed by atoms with Crippen LogP contribution in [0.3, 0.4) is 0 Å². The zero-order valence-electron chi connectivity index (χ0n) is 15.1. The molecule has 1 aromatic rings. The van der Waals surface area contributed by atoms with Gasteiger partial charge >= 0.3 is 6.09 Å². The van der Waals surface area contributed by atoms with Gasteiger partial charge in [0.25, 0.3) is 0 Å². The summed E-state index contributed by atoms with van der Waals surface area (Å²) in [4.78, 5) is 25.9. The molecule has 1 heterocycles. The summed E-state index contributed by atoms with van der Waals surface area (Å²) >= 11 is 6.27. The maximum atomic E-state index is 12.2. The molecule has 24 heavy (non-hydrogen) atoms. The third-order valence-corrected chi connectivity index (χ3v) is 4.70. The van der Waals surface area contributed by atoms with E-state index in [1.807, 2.05) is 39.8 Å². The van der Waals surface area contributed by atoms with Gasteiger partial charge in [-0.15, -0.1) is 0 Å². The summed E-state index contributed by atoms with van der Waals surface area (Å²) in [7, 11) is 0. The lowest BCUT2D eigenvalue weighted by atomic mass is 9.85. The lowest BCUT2D eigenvalue weighted by Crippen LogP contribution is -2.41. The van der Waals surface area contributed by atoms with Crippen molar-refractivity contribution in [3.05, 3.63) is 33.8 Å². The van der Waals surface area contributed by atoms with Crippen molar-refractivity contribution in [1.82, 2.24) is 4.90 Å². The molecule has 5 heteroatoms. The molecule has 0 bridgehead atoms. The highest BCUT2D eigenvalue weighted by molar-refractivity contribution is 6.31. The first-order valence-corrected chi connectivity index (χ1v) is 8.75. The minimum Gasteiger partial charge on any atom is -0.444 e. The number of nitrogens with zero attached hydrogens (tertiary/aromatic N) is 1. The van der Waals surface area contributed by atoms with Gasteiger partial charge < -0.3 is 9.64 Å². The van der Waals surface area contributed by atoms with Crippen molar-refractivity contribution in [3.8, 4) is 0 Å². The van der Waals surface area contributed by atoms with Gasteiger partial charge in [0.05, 0.1) is 0 Å². The Hall–Kier alpha value is -1.55.